The van der Waals surface area contributed by atoms with Crippen molar-refractivity contribution < 1.29 is 19.7 Å². The lowest BCUT2D eigenvalue weighted by Crippen LogP contribution is -2.58. The van der Waals surface area contributed by atoms with E-state index in [4.69, 9.17) is 4.74 Å². The Morgan fingerprint density at radius 2 is 1.79 bits per heavy atom. The Balaban J connectivity index is 1.17. The zero-order valence-electron chi connectivity index (χ0n) is 23.7. The smallest absolute Gasteiger partial charge is 0.240 e. The van der Waals surface area contributed by atoms with Crippen LogP contribution >= 0.6 is 0 Å². The molecule has 0 saturated heterocycles. The lowest BCUT2D eigenvalue weighted by Gasteiger charge is -2.62. The number of amides is 1. The van der Waals surface area contributed by atoms with Gasteiger partial charge in [-0.2, -0.15) is 5.10 Å². The fourth-order valence-corrected chi connectivity index (χ4v) is 9.66. The van der Waals surface area contributed by atoms with E-state index < -0.39 is 0 Å². The Morgan fingerprint density at radius 1 is 1.08 bits per heavy atom. The first-order valence-corrected chi connectivity index (χ1v) is 15.0. The molecule has 6 nitrogen and oxygen atoms in total. The molecule has 0 spiro atoms. The van der Waals surface area contributed by atoms with Gasteiger partial charge in [0.05, 0.1) is 25.5 Å². The molecule has 1 amide bonds. The summed E-state index contributed by atoms with van der Waals surface area (Å²) in [5, 5.41) is 25.9. The van der Waals surface area contributed by atoms with E-state index in [0.29, 0.717) is 41.9 Å². The second-order valence-corrected chi connectivity index (χ2v) is 13.5. The summed E-state index contributed by atoms with van der Waals surface area (Å²) in [6.45, 7) is 7.29. The Kier molecular flexibility index (Phi) is 7.94. The summed E-state index contributed by atoms with van der Waals surface area (Å²) in [6, 6.07) is 7.56. The van der Waals surface area contributed by atoms with E-state index in [2.05, 4.69) is 31.3 Å². The number of carbonyl (C=O) groups excluding carboxylic acids is 1. The number of methoxy groups -OCH3 is 1. The van der Waals surface area contributed by atoms with Crippen LogP contribution < -0.4 is 10.2 Å². The molecule has 210 valence electrons. The van der Waals surface area contributed by atoms with Gasteiger partial charge in [0.1, 0.15) is 5.75 Å². The highest BCUT2D eigenvalue weighted by atomic mass is 16.5. The Hall–Kier alpha value is -1.92. The standard InChI is InChI=1S/C32H48N2O4/c1-20(5-12-29(37)34-33-19-21-6-8-24(38-4)9-7-21)25-10-11-26-30-27(14-16-32(25,26)3)31(2)15-13-23(35)17-22(31)18-28(30)36/h6-9,19-20,22-23,25-28,30,35-36H,5,10-18H2,1-4H3,(H,34,37)/b33-19-/t20-,22+,23-,25+,26-,27-,28+,30-,31-,32+/m0/s1. The molecule has 4 aliphatic carbocycles. The van der Waals surface area contributed by atoms with Gasteiger partial charge in [-0.15, -0.1) is 0 Å². The van der Waals surface area contributed by atoms with Crippen LogP contribution in [0.4, 0.5) is 0 Å². The molecule has 4 fully saturated rings. The molecule has 0 unspecified atom stereocenters. The van der Waals surface area contributed by atoms with Crippen LogP contribution in [0.1, 0.15) is 90.5 Å². The first-order valence-electron chi connectivity index (χ1n) is 15.0. The molecular weight excluding hydrogens is 476 g/mol. The minimum absolute atomic E-state index is 0.0359. The van der Waals surface area contributed by atoms with Crippen molar-refractivity contribution in [3.05, 3.63) is 29.8 Å². The number of benzene rings is 1. The predicted molar refractivity (Wildman–Crippen MR) is 150 cm³/mol. The Morgan fingerprint density at radius 3 is 2.53 bits per heavy atom. The minimum atomic E-state index is -0.239. The summed E-state index contributed by atoms with van der Waals surface area (Å²) in [7, 11) is 1.64. The van der Waals surface area contributed by atoms with Gasteiger partial charge in [-0.1, -0.05) is 20.8 Å². The minimum Gasteiger partial charge on any atom is -0.497 e. The lowest BCUT2D eigenvalue weighted by molar-refractivity contribution is -0.174. The summed E-state index contributed by atoms with van der Waals surface area (Å²) in [5.41, 5.74) is 4.11. The highest BCUT2D eigenvalue weighted by molar-refractivity contribution is 5.82. The third kappa shape index (κ3) is 5.03. The van der Waals surface area contributed by atoms with Crippen LogP contribution in [0, 0.1) is 46.3 Å². The largest absolute Gasteiger partial charge is 0.497 e. The van der Waals surface area contributed by atoms with Crippen molar-refractivity contribution in [3.8, 4) is 5.75 Å². The van der Waals surface area contributed by atoms with Crippen LogP contribution in [0.25, 0.3) is 0 Å². The first-order chi connectivity index (χ1) is 18.2. The third-order valence-electron chi connectivity index (χ3n) is 11.8. The molecule has 10 atom stereocenters. The van der Waals surface area contributed by atoms with Gasteiger partial charge in [-0.25, -0.2) is 5.43 Å². The van der Waals surface area contributed by atoms with E-state index in [1.807, 2.05) is 24.3 Å². The zero-order valence-corrected chi connectivity index (χ0v) is 23.7. The fraction of sp³-hybridized carbons (Fsp3) is 0.750. The van der Waals surface area contributed by atoms with E-state index in [-0.39, 0.29) is 28.9 Å². The maximum absolute atomic E-state index is 12.5. The van der Waals surface area contributed by atoms with Gasteiger partial charge >= 0.3 is 0 Å². The van der Waals surface area contributed by atoms with Crippen molar-refractivity contribution in [2.45, 2.75) is 97.2 Å². The maximum atomic E-state index is 12.5. The number of nitrogens with zero attached hydrogens (tertiary/aromatic N) is 1. The third-order valence-corrected chi connectivity index (χ3v) is 11.8. The van der Waals surface area contributed by atoms with Crippen molar-refractivity contribution in [1.82, 2.24) is 5.43 Å². The van der Waals surface area contributed by atoms with Gasteiger partial charge in [0.25, 0.3) is 0 Å². The number of hydrogen-bond acceptors (Lipinski definition) is 5. The van der Waals surface area contributed by atoms with E-state index in [0.717, 1.165) is 43.4 Å². The highest BCUT2D eigenvalue weighted by Crippen LogP contribution is 2.68. The summed E-state index contributed by atoms with van der Waals surface area (Å²) in [5.74, 6) is 3.79. The van der Waals surface area contributed by atoms with Gasteiger partial charge in [0.15, 0.2) is 0 Å². The number of carbonyl (C=O) groups is 1. The van der Waals surface area contributed by atoms with Crippen molar-refractivity contribution in [2.75, 3.05) is 7.11 Å². The molecule has 0 bridgehead atoms. The van der Waals surface area contributed by atoms with E-state index in [1.54, 1.807) is 13.3 Å². The first kappa shape index (κ1) is 27.6. The summed E-state index contributed by atoms with van der Waals surface area (Å²) < 4.78 is 5.17. The van der Waals surface area contributed by atoms with Crippen LogP contribution in [0.15, 0.2) is 29.4 Å². The SMILES string of the molecule is COc1ccc(/C=N\NC(=O)CC[C@H](C)[C@H]2CC[C@H]3[C@@H]4[C@H](O)C[C@H]5C[C@@H](O)CC[C@]5(C)[C@H]4CC[C@]23C)cc1. The second-order valence-electron chi connectivity index (χ2n) is 13.5. The fourth-order valence-electron chi connectivity index (χ4n) is 9.66. The van der Waals surface area contributed by atoms with Crippen LogP contribution in [-0.2, 0) is 4.79 Å². The topological polar surface area (TPSA) is 91.2 Å². The number of hydrogen-bond donors (Lipinski definition) is 3. The molecule has 0 aromatic heterocycles. The molecule has 0 radical (unpaired) electrons. The molecule has 38 heavy (non-hydrogen) atoms. The molecule has 0 aliphatic heterocycles. The van der Waals surface area contributed by atoms with Gasteiger partial charge in [0.2, 0.25) is 5.91 Å². The summed E-state index contributed by atoms with van der Waals surface area (Å²) in [4.78, 5) is 12.5. The number of aliphatic hydroxyl groups excluding tert-OH is 2. The Labute approximate surface area is 228 Å². The normalized spacial score (nSPS) is 41.2. The maximum Gasteiger partial charge on any atom is 0.240 e. The zero-order chi connectivity index (χ0) is 27.1. The quantitative estimate of drug-likeness (QED) is 0.322. The molecule has 1 aromatic rings. The number of ether oxygens (including phenoxy) is 1. The number of aliphatic hydroxyl groups is 2. The highest BCUT2D eigenvalue weighted by Gasteiger charge is 2.62. The lowest BCUT2D eigenvalue weighted by atomic mass is 9.43. The predicted octanol–water partition coefficient (Wildman–Crippen LogP) is 5.55. The monoisotopic (exact) mass is 524 g/mol. The number of rotatable bonds is 7. The van der Waals surface area contributed by atoms with Crippen molar-refractivity contribution in [1.29, 1.82) is 0 Å². The molecular formula is C32H48N2O4. The summed E-state index contributed by atoms with van der Waals surface area (Å²) >= 11 is 0. The van der Waals surface area contributed by atoms with E-state index in [9.17, 15) is 15.0 Å². The number of nitrogens with one attached hydrogen (secondary N) is 1. The van der Waals surface area contributed by atoms with Crippen molar-refractivity contribution in [3.63, 3.8) is 0 Å². The van der Waals surface area contributed by atoms with Crippen LogP contribution in [0.2, 0.25) is 0 Å². The molecule has 3 N–H and O–H groups in total. The van der Waals surface area contributed by atoms with Crippen LogP contribution in [0.3, 0.4) is 0 Å². The molecule has 5 rings (SSSR count). The van der Waals surface area contributed by atoms with E-state index in [1.165, 1.54) is 25.7 Å². The average molecular weight is 525 g/mol. The van der Waals surface area contributed by atoms with Gasteiger partial charge in [-0.3, -0.25) is 4.79 Å². The molecule has 1 aromatic carbocycles. The molecule has 0 heterocycles. The van der Waals surface area contributed by atoms with Gasteiger partial charge in [-0.05, 0) is 134 Å². The molecule has 6 heteroatoms. The summed E-state index contributed by atoms with van der Waals surface area (Å²) in [6.07, 6.45) is 11.2. The molecule has 4 saturated carbocycles. The van der Waals surface area contributed by atoms with Crippen molar-refractivity contribution >= 4 is 12.1 Å². The van der Waals surface area contributed by atoms with Crippen molar-refractivity contribution in [2.24, 2.45) is 51.4 Å². The Bertz CT molecular complexity index is 1010. The van der Waals surface area contributed by atoms with Crippen LogP contribution in [0.5, 0.6) is 5.75 Å². The second kappa shape index (κ2) is 10.9. The van der Waals surface area contributed by atoms with Gasteiger partial charge in [0, 0.05) is 6.42 Å². The number of hydrazone groups is 1. The average Bonchev–Trinajstić information content (AvgIpc) is 3.26. The van der Waals surface area contributed by atoms with Crippen LogP contribution in [-0.4, -0.2) is 41.7 Å². The van der Waals surface area contributed by atoms with Gasteiger partial charge < -0.3 is 14.9 Å². The molecule has 4 aliphatic rings. The van der Waals surface area contributed by atoms with E-state index >= 15 is 0 Å². The number of fused-ring (bicyclic) bond motifs is 5.